The topological polar surface area (TPSA) is 25.8 Å². The van der Waals surface area contributed by atoms with E-state index in [1.54, 1.807) is 0 Å². The fourth-order valence-corrected chi connectivity index (χ4v) is 3.15. The van der Waals surface area contributed by atoms with Crippen LogP contribution in [-0.4, -0.2) is 9.97 Å². The highest BCUT2D eigenvalue weighted by Gasteiger charge is 2.08. The second-order valence-corrected chi connectivity index (χ2v) is 6.43. The van der Waals surface area contributed by atoms with Gasteiger partial charge in [0, 0.05) is 11.1 Å². The molecule has 23 heavy (non-hydrogen) atoms. The van der Waals surface area contributed by atoms with Gasteiger partial charge in [-0.15, -0.1) is 0 Å². The molecule has 0 unspecified atom stereocenters. The molecular weight excluding hydrogens is 395 g/mol. The van der Waals surface area contributed by atoms with Crippen molar-refractivity contribution >= 4 is 33.4 Å². The Balaban J connectivity index is 1.86. The third-order valence-electron chi connectivity index (χ3n) is 3.77. The zero-order valence-electron chi connectivity index (χ0n) is 12.3. The van der Waals surface area contributed by atoms with Crippen molar-refractivity contribution in [3.8, 4) is 22.6 Å². The maximum Gasteiger partial charge on any atom is 0.160 e. The average molecular weight is 408 g/mol. The first kappa shape index (κ1) is 14.3. The first-order valence-corrected chi connectivity index (χ1v) is 8.47. The Labute approximate surface area is 148 Å². The zero-order valence-corrected chi connectivity index (χ0v) is 14.4. The Morgan fingerprint density at radius 1 is 0.609 bits per heavy atom. The van der Waals surface area contributed by atoms with Gasteiger partial charge in [0.15, 0.2) is 5.82 Å². The molecule has 0 bridgehead atoms. The summed E-state index contributed by atoms with van der Waals surface area (Å²) < 4.78 is 0.944. The van der Waals surface area contributed by atoms with Crippen LogP contribution in [0.15, 0.2) is 78.9 Å². The van der Waals surface area contributed by atoms with E-state index in [0.29, 0.717) is 0 Å². The van der Waals surface area contributed by atoms with E-state index in [4.69, 9.17) is 4.98 Å². The standard InChI is InChI=1S/C20H13IN2/c21-19-13-18(22-20(23-19)15-7-2-1-3-8-15)17-11-10-14-6-4-5-9-16(14)12-17/h1-13H. The molecule has 1 aromatic heterocycles. The SMILES string of the molecule is Ic1cc(-c2ccc3ccccc3c2)nc(-c2ccccc2)n1. The van der Waals surface area contributed by atoms with Crippen molar-refractivity contribution in [1.82, 2.24) is 9.97 Å². The molecule has 0 atom stereocenters. The van der Waals surface area contributed by atoms with Crippen molar-refractivity contribution in [2.24, 2.45) is 0 Å². The minimum absolute atomic E-state index is 0.764. The lowest BCUT2D eigenvalue weighted by molar-refractivity contribution is 1.15. The number of fused-ring (bicyclic) bond motifs is 1. The van der Waals surface area contributed by atoms with Gasteiger partial charge in [-0.3, -0.25) is 0 Å². The van der Waals surface area contributed by atoms with Gasteiger partial charge in [-0.2, -0.15) is 0 Å². The summed E-state index contributed by atoms with van der Waals surface area (Å²) in [6.07, 6.45) is 0. The fraction of sp³-hybridized carbons (Fsp3) is 0. The van der Waals surface area contributed by atoms with E-state index in [2.05, 4.69) is 70.0 Å². The normalized spacial score (nSPS) is 10.8. The molecule has 3 heteroatoms. The molecule has 110 valence electrons. The number of rotatable bonds is 2. The number of nitrogens with zero attached hydrogens (tertiary/aromatic N) is 2. The summed E-state index contributed by atoms with van der Waals surface area (Å²) in [5.74, 6) is 0.764. The van der Waals surface area contributed by atoms with Crippen LogP contribution in [0.1, 0.15) is 0 Å². The molecule has 0 aliphatic carbocycles. The largest absolute Gasteiger partial charge is 0.228 e. The molecule has 0 spiro atoms. The lowest BCUT2D eigenvalue weighted by Crippen LogP contribution is -1.95. The van der Waals surface area contributed by atoms with Crippen LogP contribution in [0, 0.1) is 3.70 Å². The predicted molar refractivity (Wildman–Crippen MR) is 103 cm³/mol. The van der Waals surface area contributed by atoms with Gasteiger partial charge in [0.1, 0.15) is 3.70 Å². The maximum absolute atomic E-state index is 4.76. The molecule has 0 aliphatic rings. The lowest BCUT2D eigenvalue weighted by Gasteiger charge is -2.07. The second-order valence-electron chi connectivity index (χ2n) is 5.33. The molecule has 0 saturated heterocycles. The summed E-state index contributed by atoms with van der Waals surface area (Å²) >= 11 is 2.25. The van der Waals surface area contributed by atoms with E-state index in [1.807, 2.05) is 36.4 Å². The first-order chi connectivity index (χ1) is 11.3. The van der Waals surface area contributed by atoms with Gasteiger partial charge >= 0.3 is 0 Å². The molecule has 3 aromatic carbocycles. The van der Waals surface area contributed by atoms with Gasteiger partial charge in [0.25, 0.3) is 0 Å². The monoisotopic (exact) mass is 408 g/mol. The molecule has 0 aliphatic heterocycles. The summed E-state index contributed by atoms with van der Waals surface area (Å²) in [6, 6.07) is 26.9. The summed E-state index contributed by atoms with van der Waals surface area (Å²) in [5, 5.41) is 2.46. The smallest absolute Gasteiger partial charge is 0.160 e. The minimum atomic E-state index is 0.764. The summed E-state index contributed by atoms with van der Waals surface area (Å²) in [7, 11) is 0. The summed E-state index contributed by atoms with van der Waals surface area (Å²) in [4.78, 5) is 9.33. The van der Waals surface area contributed by atoms with Crippen molar-refractivity contribution < 1.29 is 0 Å². The van der Waals surface area contributed by atoms with E-state index in [0.717, 1.165) is 26.3 Å². The second kappa shape index (κ2) is 6.08. The first-order valence-electron chi connectivity index (χ1n) is 7.39. The summed E-state index contributed by atoms with van der Waals surface area (Å²) in [5.41, 5.74) is 3.10. The number of aromatic nitrogens is 2. The van der Waals surface area contributed by atoms with Gasteiger partial charge < -0.3 is 0 Å². The fourth-order valence-electron chi connectivity index (χ4n) is 2.63. The van der Waals surface area contributed by atoms with Crippen LogP contribution < -0.4 is 0 Å². The molecule has 0 fully saturated rings. The van der Waals surface area contributed by atoms with Crippen LogP contribution in [-0.2, 0) is 0 Å². The van der Waals surface area contributed by atoms with Crippen LogP contribution >= 0.6 is 22.6 Å². The molecule has 4 rings (SSSR count). The predicted octanol–water partition coefficient (Wildman–Crippen LogP) is 5.57. The van der Waals surface area contributed by atoms with E-state index < -0.39 is 0 Å². The summed E-state index contributed by atoms with van der Waals surface area (Å²) in [6.45, 7) is 0. The Morgan fingerprint density at radius 3 is 2.17 bits per heavy atom. The third-order valence-corrected chi connectivity index (χ3v) is 4.32. The van der Waals surface area contributed by atoms with E-state index in [9.17, 15) is 0 Å². The van der Waals surface area contributed by atoms with E-state index in [-0.39, 0.29) is 0 Å². The Morgan fingerprint density at radius 2 is 1.35 bits per heavy atom. The van der Waals surface area contributed by atoms with Crippen molar-refractivity contribution in [3.05, 3.63) is 82.6 Å². The van der Waals surface area contributed by atoms with Crippen LogP contribution in [0.3, 0.4) is 0 Å². The van der Waals surface area contributed by atoms with Crippen LogP contribution in [0.5, 0.6) is 0 Å². The number of hydrogen-bond acceptors (Lipinski definition) is 2. The van der Waals surface area contributed by atoms with Crippen molar-refractivity contribution in [2.75, 3.05) is 0 Å². The number of halogens is 1. The van der Waals surface area contributed by atoms with Crippen molar-refractivity contribution in [3.63, 3.8) is 0 Å². The van der Waals surface area contributed by atoms with Crippen molar-refractivity contribution in [1.29, 1.82) is 0 Å². The Hall–Kier alpha value is -2.27. The van der Waals surface area contributed by atoms with Gasteiger partial charge in [-0.1, -0.05) is 66.7 Å². The minimum Gasteiger partial charge on any atom is -0.228 e. The molecule has 0 radical (unpaired) electrons. The quantitative estimate of drug-likeness (QED) is 0.320. The highest BCUT2D eigenvalue weighted by atomic mass is 127. The van der Waals surface area contributed by atoms with Gasteiger partial charge in [-0.05, 0) is 45.5 Å². The molecule has 0 saturated carbocycles. The van der Waals surface area contributed by atoms with E-state index >= 15 is 0 Å². The maximum atomic E-state index is 4.76. The molecule has 1 heterocycles. The Kier molecular flexibility index (Phi) is 3.79. The molecule has 2 nitrogen and oxygen atoms in total. The van der Waals surface area contributed by atoms with Crippen LogP contribution in [0.25, 0.3) is 33.4 Å². The molecular formula is C20H13IN2. The van der Waals surface area contributed by atoms with Gasteiger partial charge in [0.2, 0.25) is 0 Å². The van der Waals surface area contributed by atoms with E-state index in [1.165, 1.54) is 10.8 Å². The van der Waals surface area contributed by atoms with Gasteiger partial charge in [0.05, 0.1) is 5.69 Å². The number of benzene rings is 3. The highest BCUT2D eigenvalue weighted by molar-refractivity contribution is 14.1. The Bertz CT molecular complexity index is 981. The average Bonchev–Trinajstić information content (AvgIpc) is 2.61. The molecule has 0 N–H and O–H groups in total. The van der Waals surface area contributed by atoms with Gasteiger partial charge in [-0.25, -0.2) is 9.97 Å². The highest BCUT2D eigenvalue weighted by Crippen LogP contribution is 2.26. The third kappa shape index (κ3) is 2.97. The van der Waals surface area contributed by atoms with Crippen LogP contribution in [0.2, 0.25) is 0 Å². The van der Waals surface area contributed by atoms with Crippen molar-refractivity contribution in [2.45, 2.75) is 0 Å². The zero-order chi connectivity index (χ0) is 15.6. The van der Waals surface area contributed by atoms with Crippen LogP contribution in [0.4, 0.5) is 0 Å². The number of hydrogen-bond donors (Lipinski definition) is 0. The molecule has 0 amide bonds. The molecule has 4 aromatic rings. The lowest BCUT2D eigenvalue weighted by atomic mass is 10.0.